The maximum Gasteiger partial charge on any atom is 0.278 e. The molecule has 42 heavy (non-hydrogen) atoms. The second kappa shape index (κ2) is 11.7. The summed E-state index contributed by atoms with van der Waals surface area (Å²) in [7, 11) is 1.59. The topological polar surface area (TPSA) is 51.5 Å². The Balaban J connectivity index is 1.41. The van der Waals surface area contributed by atoms with E-state index in [0.29, 0.717) is 16.5 Å². The number of hydroxylamine groups is 2. The van der Waals surface area contributed by atoms with Gasteiger partial charge in [0.2, 0.25) is 0 Å². The minimum atomic E-state index is -0.335. The molecule has 0 aliphatic carbocycles. The van der Waals surface area contributed by atoms with Crippen LogP contribution in [-0.4, -0.2) is 28.9 Å². The Bertz CT molecular complexity index is 1920. The zero-order chi connectivity index (χ0) is 29.2. The summed E-state index contributed by atoms with van der Waals surface area (Å²) >= 11 is 1.11. The van der Waals surface area contributed by atoms with Crippen molar-refractivity contribution in [3.8, 4) is 5.69 Å². The average Bonchev–Trinajstić information content (AvgIpc) is 3.38. The van der Waals surface area contributed by atoms with E-state index in [9.17, 15) is 9.59 Å². The van der Waals surface area contributed by atoms with Crippen LogP contribution in [-0.2, 0) is 10.7 Å². The Morgan fingerprint density at radius 2 is 1.52 bits per heavy atom. The monoisotopic (exact) mass is 570 g/mol. The van der Waals surface area contributed by atoms with Crippen molar-refractivity contribution in [2.24, 2.45) is 0 Å². The number of hydrogen-bond acceptors (Lipinski definition) is 4. The number of carbonyl (C=O) groups excluding carboxylic acids is 2. The van der Waals surface area contributed by atoms with Crippen molar-refractivity contribution in [3.05, 3.63) is 143 Å². The van der Waals surface area contributed by atoms with Crippen LogP contribution < -0.4 is 0 Å². The molecule has 6 rings (SSSR count). The van der Waals surface area contributed by atoms with Gasteiger partial charge in [-0.05, 0) is 67.8 Å². The molecule has 0 N–H and O–H groups in total. The zero-order valence-corrected chi connectivity index (χ0v) is 24.5. The highest BCUT2D eigenvalue weighted by atomic mass is 32.2. The van der Waals surface area contributed by atoms with E-state index in [1.165, 1.54) is 27.1 Å². The van der Waals surface area contributed by atoms with Crippen LogP contribution in [0.25, 0.3) is 27.4 Å². The number of aryl methyl sites for hydroxylation is 2. The van der Waals surface area contributed by atoms with Gasteiger partial charge in [-0.2, -0.15) is 4.28 Å². The minimum absolute atomic E-state index is 0.335. The van der Waals surface area contributed by atoms with Crippen molar-refractivity contribution in [2.75, 3.05) is 7.05 Å². The Morgan fingerprint density at radius 1 is 0.833 bits per heavy atom. The molecule has 0 unspecified atom stereocenters. The van der Waals surface area contributed by atoms with Gasteiger partial charge in [-0.25, -0.2) is 5.06 Å². The molecule has 1 heterocycles. The number of fused-ring (bicyclic) bond motifs is 2. The molecule has 0 radical (unpaired) electrons. The molecule has 0 saturated heterocycles. The number of aldehydes is 1. The van der Waals surface area contributed by atoms with Gasteiger partial charge in [0.1, 0.15) is 0 Å². The number of rotatable bonds is 8. The van der Waals surface area contributed by atoms with Crippen molar-refractivity contribution < 1.29 is 13.9 Å². The molecule has 0 fully saturated rings. The highest BCUT2D eigenvalue weighted by Crippen LogP contribution is 2.34. The maximum atomic E-state index is 13.7. The normalized spacial score (nSPS) is 11.2. The Hall–Kier alpha value is -4.65. The van der Waals surface area contributed by atoms with E-state index in [2.05, 4.69) is 60.2 Å². The van der Waals surface area contributed by atoms with Crippen molar-refractivity contribution in [2.45, 2.75) is 25.2 Å². The average molecular weight is 571 g/mol. The van der Waals surface area contributed by atoms with Crippen LogP contribution in [0.4, 0.5) is 0 Å². The van der Waals surface area contributed by atoms with Gasteiger partial charge in [-0.3, -0.25) is 9.59 Å². The van der Waals surface area contributed by atoms with Gasteiger partial charge in [0.05, 0.1) is 28.8 Å². The number of hydrogen-bond donors (Lipinski definition) is 0. The number of carbonyl (C=O) groups is 2. The largest absolute Gasteiger partial charge is 0.316 e. The third-order valence-corrected chi connectivity index (χ3v) is 8.29. The molecule has 1 aromatic heterocycles. The van der Waals surface area contributed by atoms with Crippen LogP contribution in [0.3, 0.4) is 0 Å². The van der Waals surface area contributed by atoms with Gasteiger partial charge in [0.25, 0.3) is 5.91 Å². The van der Waals surface area contributed by atoms with Crippen LogP contribution in [0.2, 0.25) is 0 Å². The summed E-state index contributed by atoms with van der Waals surface area (Å²) in [6.45, 7) is 4.11. The van der Waals surface area contributed by atoms with Gasteiger partial charge in [-0.15, -0.1) is 0 Å². The summed E-state index contributed by atoms with van der Waals surface area (Å²) in [6, 6.07) is 34.1. The number of aromatic nitrogens is 1. The Labute approximate surface area is 249 Å². The molecule has 5 aromatic carbocycles. The standard InChI is InChI=1S/C36H30N2O3S/c1-24-11-15-26(16-12-24)21-28-22-38(33-10-5-4-7-30(28)33)34-20-17-27(23-39)35-31(34)8-6-9-32(35)36(40)37(3)41-42-29-18-13-25(2)14-19-29/h4-20,22-23H,21H2,1-3H3. The lowest BCUT2D eigenvalue weighted by Crippen LogP contribution is -2.25. The van der Waals surface area contributed by atoms with Crippen LogP contribution in [0, 0.1) is 13.8 Å². The quantitative estimate of drug-likeness (QED) is 0.105. The summed E-state index contributed by atoms with van der Waals surface area (Å²) < 4.78 is 7.92. The second-order valence-electron chi connectivity index (χ2n) is 10.5. The fourth-order valence-electron chi connectivity index (χ4n) is 5.32. The molecule has 0 bridgehead atoms. The first kappa shape index (κ1) is 27.5. The van der Waals surface area contributed by atoms with Gasteiger partial charge in [0, 0.05) is 39.9 Å². The van der Waals surface area contributed by atoms with E-state index in [4.69, 9.17) is 4.28 Å². The van der Waals surface area contributed by atoms with Crippen LogP contribution in [0.1, 0.15) is 43.0 Å². The lowest BCUT2D eigenvalue weighted by molar-refractivity contribution is 0.00179. The van der Waals surface area contributed by atoms with Gasteiger partial charge in [0.15, 0.2) is 6.29 Å². The van der Waals surface area contributed by atoms with Crippen molar-refractivity contribution >= 4 is 45.9 Å². The van der Waals surface area contributed by atoms with E-state index in [1.54, 1.807) is 19.2 Å². The van der Waals surface area contributed by atoms with Crippen molar-refractivity contribution in [3.63, 3.8) is 0 Å². The molecule has 0 spiro atoms. The maximum absolute atomic E-state index is 13.7. The molecule has 5 nitrogen and oxygen atoms in total. The fourth-order valence-corrected chi connectivity index (χ4v) is 5.83. The molecule has 6 heteroatoms. The highest BCUT2D eigenvalue weighted by molar-refractivity contribution is 7.94. The van der Waals surface area contributed by atoms with Gasteiger partial charge < -0.3 is 4.57 Å². The molecule has 0 saturated carbocycles. The van der Waals surface area contributed by atoms with Gasteiger partial charge >= 0.3 is 0 Å². The fraction of sp³-hybridized carbons (Fsp3) is 0.111. The third-order valence-electron chi connectivity index (χ3n) is 7.53. The molecule has 6 aromatic rings. The summed E-state index contributed by atoms with van der Waals surface area (Å²) in [5.41, 5.74) is 7.64. The number of amides is 1. The predicted octanol–water partition coefficient (Wildman–Crippen LogP) is 8.51. The molecule has 0 aliphatic rings. The summed E-state index contributed by atoms with van der Waals surface area (Å²) in [5.74, 6) is -0.335. The second-order valence-corrected chi connectivity index (χ2v) is 11.3. The van der Waals surface area contributed by atoms with E-state index in [0.717, 1.165) is 51.8 Å². The molecule has 1 amide bonds. The van der Waals surface area contributed by atoms with E-state index >= 15 is 0 Å². The molecule has 0 aliphatic heterocycles. The van der Waals surface area contributed by atoms with Crippen LogP contribution in [0.15, 0.2) is 114 Å². The minimum Gasteiger partial charge on any atom is -0.316 e. The summed E-state index contributed by atoms with van der Waals surface area (Å²) in [6.07, 6.45) is 3.77. The Kier molecular flexibility index (Phi) is 7.66. The number of para-hydroxylation sites is 1. The summed E-state index contributed by atoms with van der Waals surface area (Å²) in [4.78, 5) is 26.8. The van der Waals surface area contributed by atoms with Crippen molar-refractivity contribution in [1.82, 2.24) is 9.63 Å². The van der Waals surface area contributed by atoms with Crippen LogP contribution >= 0.6 is 12.0 Å². The molecular weight excluding hydrogens is 540 g/mol. The molecule has 0 atom stereocenters. The van der Waals surface area contributed by atoms with E-state index in [1.807, 2.05) is 55.5 Å². The number of benzene rings is 5. The third kappa shape index (κ3) is 5.34. The van der Waals surface area contributed by atoms with E-state index in [-0.39, 0.29) is 5.91 Å². The van der Waals surface area contributed by atoms with Gasteiger partial charge in [-0.1, -0.05) is 77.9 Å². The first-order valence-electron chi connectivity index (χ1n) is 13.8. The lowest BCUT2D eigenvalue weighted by atomic mass is 9.97. The highest BCUT2D eigenvalue weighted by Gasteiger charge is 2.21. The summed E-state index contributed by atoms with van der Waals surface area (Å²) in [5, 5.41) is 3.79. The predicted molar refractivity (Wildman–Crippen MR) is 170 cm³/mol. The SMILES string of the molecule is Cc1ccc(Cc2cn(-c3ccc(C=O)c4c(C(=O)N(C)OSc5ccc(C)cc5)cccc34)c3ccccc23)cc1. The smallest absolute Gasteiger partial charge is 0.278 e. The first-order chi connectivity index (χ1) is 20.4. The zero-order valence-electron chi connectivity index (χ0n) is 23.7. The lowest BCUT2D eigenvalue weighted by Gasteiger charge is -2.18. The molecule has 208 valence electrons. The van der Waals surface area contributed by atoms with Crippen molar-refractivity contribution in [1.29, 1.82) is 0 Å². The van der Waals surface area contributed by atoms with Crippen LogP contribution in [0.5, 0.6) is 0 Å². The Morgan fingerprint density at radius 3 is 2.26 bits per heavy atom. The number of nitrogens with zero attached hydrogens (tertiary/aromatic N) is 2. The first-order valence-corrected chi connectivity index (χ1v) is 14.5. The molecular formula is C36H30N2O3S. The van der Waals surface area contributed by atoms with E-state index < -0.39 is 0 Å².